The average molecular weight is 381 g/mol. The number of benzene rings is 2. The van der Waals surface area contributed by atoms with E-state index < -0.39 is 12.0 Å². The lowest BCUT2D eigenvalue weighted by Gasteiger charge is -2.22. The second-order valence-corrected chi connectivity index (χ2v) is 6.22. The maximum Gasteiger partial charge on any atom is 0.334 e. The molecule has 144 valence electrons. The van der Waals surface area contributed by atoms with E-state index in [-0.39, 0.29) is 11.6 Å². The predicted molar refractivity (Wildman–Crippen MR) is 101 cm³/mol. The third kappa shape index (κ3) is 3.87. The number of carbonyl (C=O) groups is 2. The number of amides is 2. The summed E-state index contributed by atoms with van der Waals surface area (Å²) >= 11 is 0. The van der Waals surface area contributed by atoms with Crippen LogP contribution in [0.5, 0.6) is 5.75 Å². The molecule has 0 aliphatic carbocycles. The van der Waals surface area contributed by atoms with Crippen LogP contribution >= 0.6 is 0 Å². The molecule has 1 heterocycles. The lowest BCUT2D eigenvalue weighted by Crippen LogP contribution is -2.32. The van der Waals surface area contributed by atoms with E-state index >= 15 is 0 Å². The molecule has 1 fully saturated rings. The van der Waals surface area contributed by atoms with Gasteiger partial charge in [-0.15, -0.1) is 0 Å². The second kappa shape index (κ2) is 8.37. The number of carboxylic acid groups (broad SMARTS) is 1. The molecule has 0 aromatic heterocycles. The number of carbonyl (C=O) groups excluding carboxylic acids is 2. The van der Waals surface area contributed by atoms with Crippen molar-refractivity contribution in [3.63, 3.8) is 0 Å². The van der Waals surface area contributed by atoms with Gasteiger partial charge in [-0.25, -0.2) is 14.4 Å². The summed E-state index contributed by atoms with van der Waals surface area (Å²) in [5, 5.41) is 9.38. The fourth-order valence-corrected chi connectivity index (χ4v) is 3.18. The van der Waals surface area contributed by atoms with Crippen LogP contribution in [0.1, 0.15) is 17.2 Å². The Bertz CT molecular complexity index is 920. The largest absolute Gasteiger partial charge is 0.497 e. The van der Waals surface area contributed by atoms with Gasteiger partial charge in [0, 0.05) is 25.2 Å². The molecule has 8 nitrogen and oxygen atoms in total. The van der Waals surface area contributed by atoms with Crippen LogP contribution in [0, 0.1) is 0 Å². The Hall–Kier alpha value is -3.64. The summed E-state index contributed by atoms with van der Waals surface area (Å²) in [7, 11) is 1.59. The molecule has 0 radical (unpaired) electrons. The smallest absolute Gasteiger partial charge is 0.334 e. The van der Waals surface area contributed by atoms with Crippen molar-refractivity contribution in [1.29, 1.82) is 0 Å². The molecule has 1 atom stereocenters. The number of methoxy groups -OCH3 is 1. The Morgan fingerprint density at radius 2 is 1.93 bits per heavy atom. The number of ether oxygens (including phenoxy) is 1. The van der Waals surface area contributed by atoms with Gasteiger partial charge in [-0.05, 0) is 23.8 Å². The molecule has 8 heteroatoms. The van der Waals surface area contributed by atoms with E-state index in [0.29, 0.717) is 25.3 Å². The molecule has 0 saturated carbocycles. The number of rotatable bonds is 7. The van der Waals surface area contributed by atoms with Gasteiger partial charge < -0.3 is 14.7 Å². The topological polar surface area (TPSA) is 99.5 Å². The van der Waals surface area contributed by atoms with Crippen LogP contribution in [0.2, 0.25) is 0 Å². The van der Waals surface area contributed by atoms with Crippen LogP contribution in [0.3, 0.4) is 0 Å². The lowest BCUT2D eigenvalue weighted by molar-refractivity contribution is -0.138. The summed E-state index contributed by atoms with van der Waals surface area (Å²) in [6, 6.07) is 12.4. The molecule has 1 saturated heterocycles. The lowest BCUT2D eigenvalue weighted by atomic mass is 10.0. The quantitative estimate of drug-likeness (QED) is 0.587. The van der Waals surface area contributed by atoms with Crippen LogP contribution in [0.4, 0.5) is 10.5 Å². The zero-order valence-electron chi connectivity index (χ0n) is 15.2. The third-order valence-corrected chi connectivity index (χ3v) is 4.57. The summed E-state index contributed by atoms with van der Waals surface area (Å²) in [6.45, 7) is 1.33. The number of nitrogens with zero attached hydrogens (tertiary/aromatic N) is 3. The van der Waals surface area contributed by atoms with Gasteiger partial charge in [0.2, 0.25) is 6.08 Å². The minimum atomic E-state index is -1.41. The Kier molecular flexibility index (Phi) is 5.72. The van der Waals surface area contributed by atoms with Crippen molar-refractivity contribution in [3.05, 3.63) is 59.7 Å². The summed E-state index contributed by atoms with van der Waals surface area (Å²) in [4.78, 5) is 41.6. The predicted octanol–water partition coefficient (Wildman–Crippen LogP) is 2.60. The van der Waals surface area contributed by atoms with Gasteiger partial charge >= 0.3 is 12.0 Å². The molecule has 2 amide bonds. The van der Waals surface area contributed by atoms with Crippen LogP contribution in [-0.4, -0.2) is 48.3 Å². The highest BCUT2D eigenvalue weighted by atomic mass is 16.5. The fraction of sp³-hybridized carbons (Fsp3) is 0.250. The van der Waals surface area contributed by atoms with Gasteiger partial charge in [0.05, 0.1) is 12.8 Å². The summed E-state index contributed by atoms with van der Waals surface area (Å²) in [5.74, 6) is -0.542. The van der Waals surface area contributed by atoms with Gasteiger partial charge in [-0.2, -0.15) is 4.99 Å². The molecule has 1 aliphatic heterocycles. The first-order valence-electron chi connectivity index (χ1n) is 8.63. The number of urea groups is 1. The van der Waals surface area contributed by atoms with Crippen molar-refractivity contribution in [2.24, 2.45) is 4.99 Å². The Labute approximate surface area is 161 Å². The minimum absolute atomic E-state index is 0.234. The number of hydrogen-bond donors (Lipinski definition) is 1. The molecule has 1 N–H and O–H groups in total. The summed E-state index contributed by atoms with van der Waals surface area (Å²) < 4.78 is 5.14. The zero-order chi connectivity index (χ0) is 20.1. The van der Waals surface area contributed by atoms with Crippen LogP contribution in [0.25, 0.3) is 0 Å². The second-order valence-electron chi connectivity index (χ2n) is 6.22. The van der Waals surface area contributed by atoms with Gasteiger partial charge in [0.25, 0.3) is 0 Å². The number of para-hydroxylation sites is 1. The normalized spacial score (nSPS) is 14.5. The summed E-state index contributed by atoms with van der Waals surface area (Å²) in [5.41, 5.74) is 1.66. The van der Waals surface area contributed by atoms with Gasteiger partial charge in [-0.3, -0.25) is 4.90 Å². The Morgan fingerprint density at radius 1 is 1.21 bits per heavy atom. The average Bonchev–Trinajstić information content (AvgIpc) is 3.06. The standard InChI is InChI=1S/C20H19N3O5/c1-28-15-8-6-14(7-9-15)12-22-10-11-23(20(22)27)17-5-3-2-4-16(17)18(19(25)26)21-13-24/h2-9,18H,10-12H2,1H3,(H,25,26). The molecule has 1 aliphatic rings. The number of anilines is 1. The van der Waals surface area contributed by atoms with Gasteiger partial charge in [0.15, 0.2) is 6.04 Å². The number of carboxylic acids is 1. The first-order valence-corrected chi connectivity index (χ1v) is 8.63. The molecule has 1 unspecified atom stereocenters. The SMILES string of the molecule is COc1ccc(CN2CCN(c3ccccc3C(N=C=O)C(=O)O)C2=O)cc1. The van der Waals surface area contributed by atoms with Crippen molar-refractivity contribution >= 4 is 23.8 Å². The molecule has 0 bridgehead atoms. The first-order chi connectivity index (χ1) is 13.5. The van der Waals surface area contributed by atoms with Crippen molar-refractivity contribution in [1.82, 2.24) is 4.90 Å². The number of isocyanates is 1. The number of aliphatic imine (C=N–C) groups is 1. The van der Waals surface area contributed by atoms with E-state index in [0.717, 1.165) is 11.3 Å². The molecular formula is C20H19N3O5. The Balaban J connectivity index is 1.83. The van der Waals surface area contributed by atoms with Crippen molar-refractivity contribution in [2.45, 2.75) is 12.6 Å². The van der Waals surface area contributed by atoms with E-state index in [2.05, 4.69) is 4.99 Å². The molecule has 0 spiro atoms. The fourth-order valence-electron chi connectivity index (χ4n) is 3.18. The maximum atomic E-state index is 12.9. The van der Waals surface area contributed by atoms with Crippen LogP contribution in [-0.2, 0) is 16.1 Å². The van der Waals surface area contributed by atoms with E-state index in [1.54, 1.807) is 36.3 Å². The highest BCUT2D eigenvalue weighted by Crippen LogP contribution is 2.31. The van der Waals surface area contributed by atoms with Crippen LogP contribution in [0.15, 0.2) is 53.5 Å². The minimum Gasteiger partial charge on any atom is -0.497 e. The number of hydrogen-bond acceptors (Lipinski definition) is 5. The van der Waals surface area contributed by atoms with E-state index in [1.165, 1.54) is 11.0 Å². The first kappa shape index (κ1) is 19.1. The van der Waals surface area contributed by atoms with E-state index in [1.807, 2.05) is 24.3 Å². The molecule has 2 aromatic carbocycles. The third-order valence-electron chi connectivity index (χ3n) is 4.57. The van der Waals surface area contributed by atoms with Crippen molar-refractivity contribution < 1.29 is 24.2 Å². The van der Waals surface area contributed by atoms with E-state index in [9.17, 15) is 19.5 Å². The zero-order valence-corrected chi connectivity index (χ0v) is 15.2. The molecule has 2 aromatic rings. The van der Waals surface area contributed by atoms with Crippen molar-refractivity contribution in [2.75, 3.05) is 25.1 Å². The number of aliphatic carboxylic acids is 1. The highest BCUT2D eigenvalue weighted by Gasteiger charge is 2.33. The maximum absolute atomic E-state index is 12.9. The Morgan fingerprint density at radius 3 is 2.57 bits per heavy atom. The van der Waals surface area contributed by atoms with Gasteiger partial charge in [0.1, 0.15) is 5.75 Å². The molecular weight excluding hydrogens is 362 g/mol. The van der Waals surface area contributed by atoms with Crippen LogP contribution < -0.4 is 9.64 Å². The molecule has 3 rings (SSSR count). The van der Waals surface area contributed by atoms with Gasteiger partial charge in [-0.1, -0.05) is 30.3 Å². The molecule has 28 heavy (non-hydrogen) atoms. The van der Waals surface area contributed by atoms with Crippen molar-refractivity contribution in [3.8, 4) is 5.75 Å². The monoisotopic (exact) mass is 381 g/mol. The summed E-state index contributed by atoms with van der Waals surface area (Å²) in [6.07, 6.45) is 1.30. The highest BCUT2D eigenvalue weighted by molar-refractivity contribution is 5.96. The van der Waals surface area contributed by atoms with E-state index in [4.69, 9.17) is 4.74 Å².